The summed E-state index contributed by atoms with van der Waals surface area (Å²) < 4.78 is 0. The molecule has 0 bridgehead atoms. The van der Waals surface area contributed by atoms with E-state index >= 15 is 0 Å². The summed E-state index contributed by atoms with van der Waals surface area (Å²) in [5, 5.41) is 0. The number of aromatic nitrogens is 2. The second kappa shape index (κ2) is 5.76. The Morgan fingerprint density at radius 3 is 2.32 bits per heavy atom. The van der Waals surface area contributed by atoms with Gasteiger partial charge in [0.25, 0.3) is 0 Å². The zero-order valence-corrected chi connectivity index (χ0v) is 14.5. The number of benzene rings is 2. The zero-order valence-electron chi connectivity index (χ0n) is 14.5. The minimum atomic E-state index is 0.427. The van der Waals surface area contributed by atoms with Gasteiger partial charge in [-0.2, -0.15) is 0 Å². The van der Waals surface area contributed by atoms with Crippen LogP contribution in [-0.2, 0) is 0 Å². The van der Waals surface area contributed by atoms with E-state index in [1.54, 1.807) is 0 Å². The molecule has 2 aliphatic rings. The Morgan fingerprint density at radius 2 is 1.56 bits per heavy atom. The molecule has 0 spiro atoms. The molecule has 0 atom stereocenters. The molecule has 1 fully saturated rings. The van der Waals surface area contributed by atoms with Gasteiger partial charge in [-0.15, -0.1) is 0 Å². The van der Waals surface area contributed by atoms with E-state index in [1.165, 1.54) is 48.8 Å². The molecule has 0 saturated heterocycles. The average Bonchev–Trinajstić information content (AvgIpc) is 2.93. The lowest BCUT2D eigenvalue weighted by molar-refractivity contribution is 0.443. The van der Waals surface area contributed by atoms with Crippen LogP contribution in [0.3, 0.4) is 0 Å². The molecule has 0 N–H and O–H groups in total. The molecule has 1 saturated carbocycles. The van der Waals surface area contributed by atoms with Crippen LogP contribution in [-0.4, -0.2) is 21.7 Å². The van der Waals surface area contributed by atoms with Gasteiger partial charge in [0.15, 0.2) is 0 Å². The van der Waals surface area contributed by atoms with Gasteiger partial charge in [-0.05, 0) is 38.0 Å². The van der Waals surface area contributed by atoms with Crippen molar-refractivity contribution in [1.82, 2.24) is 9.97 Å². The van der Waals surface area contributed by atoms with Crippen LogP contribution in [0, 0.1) is 6.92 Å². The monoisotopic (exact) mass is 327 g/mol. The summed E-state index contributed by atoms with van der Waals surface area (Å²) in [5.74, 6) is 0. The van der Waals surface area contributed by atoms with Crippen molar-refractivity contribution in [3.05, 3.63) is 59.3 Å². The summed E-state index contributed by atoms with van der Waals surface area (Å²) in [5.41, 5.74) is 8.54. The lowest BCUT2D eigenvalue weighted by Gasteiger charge is -2.18. The molecule has 3 nitrogen and oxygen atoms in total. The fraction of sp³-hybridized carbons (Fsp3) is 0.318. The maximum absolute atomic E-state index is 5.18. The van der Waals surface area contributed by atoms with Crippen molar-refractivity contribution in [1.29, 1.82) is 0 Å². The summed E-state index contributed by atoms with van der Waals surface area (Å²) in [6.45, 7) is 2.14. The quantitative estimate of drug-likeness (QED) is 0.488. The molecule has 0 aliphatic heterocycles. The van der Waals surface area contributed by atoms with Crippen LogP contribution in [0.25, 0.3) is 22.3 Å². The maximum Gasteiger partial charge on any atom is 0.116 e. The number of hydrogen-bond donors (Lipinski definition) is 0. The molecular weight excluding hydrogens is 306 g/mol. The van der Waals surface area contributed by atoms with Crippen LogP contribution in [0.2, 0.25) is 0 Å². The topological polar surface area (TPSA) is 38.1 Å². The summed E-state index contributed by atoms with van der Waals surface area (Å²) >= 11 is 0. The first-order valence-corrected chi connectivity index (χ1v) is 9.26. The standard InChI is InChI=1S/C22H21N3/c1-14-11-12-16-17(13-14)21(23-15-7-3-2-4-8-15)22-20(16)24-18-9-5-6-10-19(18)25-22/h5-6,9-13,15H,2-4,7-8H2,1H3. The molecular formula is C22H21N3. The number of nitrogens with zero attached hydrogens (tertiary/aromatic N) is 3. The molecule has 25 heavy (non-hydrogen) atoms. The molecule has 3 aromatic rings. The maximum atomic E-state index is 5.18. The number of fused-ring (bicyclic) bond motifs is 4. The van der Waals surface area contributed by atoms with Crippen molar-refractivity contribution in [2.45, 2.75) is 45.1 Å². The molecule has 5 rings (SSSR count). The fourth-order valence-corrected chi connectivity index (χ4v) is 4.06. The number of para-hydroxylation sites is 2. The Hall–Kier alpha value is -2.55. The van der Waals surface area contributed by atoms with Gasteiger partial charge >= 0.3 is 0 Å². The Bertz CT molecular complexity index is 997. The molecule has 3 heteroatoms. The van der Waals surface area contributed by atoms with Crippen LogP contribution in [0.1, 0.15) is 48.9 Å². The van der Waals surface area contributed by atoms with E-state index in [0.717, 1.165) is 28.1 Å². The highest BCUT2D eigenvalue weighted by molar-refractivity contribution is 6.23. The van der Waals surface area contributed by atoms with Crippen molar-refractivity contribution in [3.63, 3.8) is 0 Å². The normalized spacial score (nSPS) is 18.5. The Morgan fingerprint density at radius 1 is 0.840 bits per heavy atom. The van der Waals surface area contributed by atoms with Crippen LogP contribution < -0.4 is 0 Å². The summed E-state index contributed by atoms with van der Waals surface area (Å²) in [6.07, 6.45) is 6.32. The highest BCUT2D eigenvalue weighted by Gasteiger charge is 2.29. The van der Waals surface area contributed by atoms with Crippen LogP contribution in [0.4, 0.5) is 0 Å². The van der Waals surface area contributed by atoms with Crippen molar-refractivity contribution in [2.75, 3.05) is 0 Å². The largest absolute Gasteiger partial charge is 0.279 e. The van der Waals surface area contributed by atoms with Crippen molar-refractivity contribution >= 4 is 16.7 Å². The predicted octanol–water partition coefficient (Wildman–Crippen LogP) is 5.09. The van der Waals surface area contributed by atoms with Crippen molar-refractivity contribution in [2.24, 2.45) is 4.99 Å². The van der Waals surface area contributed by atoms with E-state index in [1.807, 2.05) is 24.3 Å². The van der Waals surface area contributed by atoms with Gasteiger partial charge in [0.1, 0.15) is 5.69 Å². The molecule has 2 aromatic carbocycles. The zero-order chi connectivity index (χ0) is 16.8. The second-order valence-corrected chi connectivity index (χ2v) is 7.23. The van der Waals surface area contributed by atoms with Gasteiger partial charge < -0.3 is 0 Å². The van der Waals surface area contributed by atoms with Gasteiger partial charge in [0.05, 0.1) is 28.5 Å². The first kappa shape index (κ1) is 14.8. The first-order chi connectivity index (χ1) is 12.3. The number of rotatable bonds is 1. The smallest absolute Gasteiger partial charge is 0.116 e. The molecule has 0 unspecified atom stereocenters. The van der Waals surface area contributed by atoms with E-state index in [2.05, 4.69) is 25.1 Å². The number of aliphatic imine (C=N–C) groups is 1. The van der Waals surface area contributed by atoms with Crippen LogP contribution in [0.5, 0.6) is 0 Å². The predicted molar refractivity (Wildman–Crippen MR) is 102 cm³/mol. The van der Waals surface area contributed by atoms with Gasteiger partial charge in [-0.25, -0.2) is 9.97 Å². The lowest BCUT2D eigenvalue weighted by Crippen LogP contribution is -2.14. The SMILES string of the molecule is Cc1ccc2c(c1)C(=NC1CCCCC1)c1nc3ccccc3nc1-2. The number of hydrogen-bond acceptors (Lipinski definition) is 3. The van der Waals surface area contributed by atoms with E-state index in [-0.39, 0.29) is 0 Å². The van der Waals surface area contributed by atoms with Gasteiger partial charge in [0, 0.05) is 11.1 Å². The highest BCUT2D eigenvalue weighted by atomic mass is 14.9. The molecule has 1 heterocycles. The Balaban J connectivity index is 1.74. The number of aryl methyl sites for hydroxylation is 1. The lowest BCUT2D eigenvalue weighted by atomic mass is 9.95. The van der Waals surface area contributed by atoms with Crippen molar-refractivity contribution < 1.29 is 0 Å². The minimum absolute atomic E-state index is 0.427. The summed E-state index contributed by atoms with van der Waals surface area (Å²) in [6, 6.07) is 15.1. The molecule has 1 aromatic heterocycles. The Labute approximate surface area is 147 Å². The molecule has 0 radical (unpaired) electrons. The van der Waals surface area contributed by atoms with Crippen LogP contribution in [0.15, 0.2) is 47.5 Å². The Kier molecular flexibility index (Phi) is 3.40. The summed E-state index contributed by atoms with van der Waals surface area (Å²) in [4.78, 5) is 15.1. The average molecular weight is 327 g/mol. The van der Waals surface area contributed by atoms with E-state index in [4.69, 9.17) is 15.0 Å². The molecule has 0 amide bonds. The third kappa shape index (κ3) is 2.46. The van der Waals surface area contributed by atoms with Gasteiger partial charge in [-0.1, -0.05) is 49.1 Å². The van der Waals surface area contributed by atoms with E-state index in [9.17, 15) is 0 Å². The third-order valence-corrected chi connectivity index (χ3v) is 5.37. The van der Waals surface area contributed by atoms with Crippen molar-refractivity contribution in [3.8, 4) is 11.3 Å². The fourth-order valence-electron chi connectivity index (χ4n) is 4.06. The minimum Gasteiger partial charge on any atom is -0.279 e. The third-order valence-electron chi connectivity index (χ3n) is 5.37. The second-order valence-electron chi connectivity index (χ2n) is 7.23. The molecule has 2 aliphatic carbocycles. The van der Waals surface area contributed by atoms with Crippen LogP contribution >= 0.6 is 0 Å². The van der Waals surface area contributed by atoms with Gasteiger partial charge in [-0.3, -0.25) is 4.99 Å². The van der Waals surface area contributed by atoms with E-state index < -0.39 is 0 Å². The first-order valence-electron chi connectivity index (χ1n) is 9.26. The van der Waals surface area contributed by atoms with Gasteiger partial charge in [0.2, 0.25) is 0 Å². The summed E-state index contributed by atoms with van der Waals surface area (Å²) in [7, 11) is 0. The highest BCUT2D eigenvalue weighted by Crippen LogP contribution is 2.37. The van der Waals surface area contributed by atoms with E-state index in [0.29, 0.717) is 6.04 Å². The molecule has 124 valence electrons.